The maximum Gasteiger partial charge on any atom is 0.331 e. The number of carbonyl (C=O) groups is 2. The van der Waals surface area contributed by atoms with Crippen LogP contribution in [0.5, 0.6) is 0 Å². The SMILES string of the molecule is CCCCC1C(C(=O)O)=CC=C(C)C1(C(=O)O)c1ccc(-c2ccccc2)c(-c2nn[nH]n2)c1. The molecule has 0 saturated carbocycles. The summed E-state index contributed by atoms with van der Waals surface area (Å²) in [4.78, 5) is 25.2. The van der Waals surface area contributed by atoms with Gasteiger partial charge in [0.05, 0.1) is 0 Å². The lowest BCUT2D eigenvalue weighted by molar-refractivity contribution is -0.144. The van der Waals surface area contributed by atoms with Gasteiger partial charge >= 0.3 is 11.9 Å². The molecule has 0 bridgehead atoms. The minimum absolute atomic E-state index is 0.106. The molecule has 3 aromatic rings. The van der Waals surface area contributed by atoms with Crippen molar-refractivity contribution in [1.82, 2.24) is 20.6 Å². The second-order valence-corrected chi connectivity index (χ2v) is 8.45. The lowest BCUT2D eigenvalue weighted by atomic mass is 9.59. The molecule has 174 valence electrons. The Morgan fingerprint density at radius 1 is 1.06 bits per heavy atom. The van der Waals surface area contributed by atoms with Gasteiger partial charge in [-0.3, -0.25) is 4.79 Å². The van der Waals surface area contributed by atoms with Crippen LogP contribution in [-0.4, -0.2) is 42.8 Å². The van der Waals surface area contributed by atoms with E-state index in [1.807, 2.05) is 43.3 Å². The lowest BCUT2D eigenvalue weighted by Crippen LogP contribution is -2.47. The van der Waals surface area contributed by atoms with E-state index in [0.717, 1.165) is 17.5 Å². The van der Waals surface area contributed by atoms with Gasteiger partial charge < -0.3 is 10.2 Å². The third-order valence-corrected chi connectivity index (χ3v) is 6.61. The number of carboxylic acids is 2. The van der Waals surface area contributed by atoms with Crippen molar-refractivity contribution in [3.8, 4) is 22.5 Å². The van der Waals surface area contributed by atoms with Gasteiger partial charge in [-0.15, -0.1) is 10.2 Å². The molecule has 0 radical (unpaired) electrons. The maximum absolute atomic E-state index is 13.1. The number of aromatic nitrogens is 4. The molecule has 1 heterocycles. The fourth-order valence-corrected chi connectivity index (χ4v) is 4.96. The molecule has 8 nitrogen and oxygen atoms in total. The Morgan fingerprint density at radius 3 is 2.44 bits per heavy atom. The Bertz CT molecular complexity index is 1270. The minimum atomic E-state index is -1.54. The molecular weight excluding hydrogens is 432 g/mol. The zero-order valence-corrected chi connectivity index (χ0v) is 19.0. The summed E-state index contributed by atoms with van der Waals surface area (Å²) in [5.74, 6) is -2.58. The monoisotopic (exact) mass is 458 g/mol. The van der Waals surface area contributed by atoms with Crippen molar-refractivity contribution in [3.63, 3.8) is 0 Å². The molecule has 0 spiro atoms. The number of hydrogen-bond acceptors (Lipinski definition) is 5. The third kappa shape index (κ3) is 3.81. The Morgan fingerprint density at radius 2 is 1.82 bits per heavy atom. The van der Waals surface area contributed by atoms with Crippen LogP contribution in [0.4, 0.5) is 0 Å². The highest BCUT2D eigenvalue weighted by molar-refractivity contribution is 5.95. The topological polar surface area (TPSA) is 129 Å². The van der Waals surface area contributed by atoms with Crippen molar-refractivity contribution in [3.05, 3.63) is 77.4 Å². The zero-order valence-electron chi connectivity index (χ0n) is 19.0. The molecule has 8 heteroatoms. The molecule has 0 amide bonds. The van der Waals surface area contributed by atoms with Gasteiger partial charge in [0.25, 0.3) is 0 Å². The van der Waals surface area contributed by atoms with Crippen LogP contribution in [0.1, 0.15) is 38.7 Å². The average Bonchev–Trinajstić information content (AvgIpc) is 3.37. The van der Waals surface area contributed by atoms with Crippen molar-refractivity contribution in [2.75, 3.05) is 0 Å². The summed E-state index contributed by atoms with van der Waals surface area (Å²) < 4.78 is 0. The van der Waals surface area contributed by atoms with E-state index >= 15 is 0 Å². The van der Waals surface area contributed by atoms with Gasteiger partial charge in [-0.2, -0.15) is 5.21 Å². The Balaban J connectivity index is 1.98. The first kappa shape index (κ1) is 23.1. The number of hydrogen-bond donors (Lipinski definition) is 3. The number of aromatic amines is 1. The van der Waals surface area contributed by atoms with E-state index in [0.29, 0.717) is 35.4 Å². The van der Waals surface area contributed by atoms with E-state index in [1.165, 1.54) is 6.08 Å². The van der Waals surface area contributed by atoms with Gasteiger partial charge in [-0.1, -0.05) is 80.0 Å². The van der Waals surface area contributed by atoms with Crippen LogP contribution in [0.25, 0.3) is 22.5 Å². The highest BCUT2D eigenvalue weighted by Crippen LogP contribution is 2.49. The molecule has 1 aliphatic rings. The second kappa shape index (κ2) is 9.43. The van der Waals surface area contributed by atoms with Crippen LogP contribution < -0.4 is 0 Å². The number of H-pyrrole nitrogens is 1. The predicted octanol–water partition coefficient (Wildman–Crippen LogP) is 4.63. The molecule has 4 rings (SSSR count). The summed E-state index contributed by atoms with van der Waals surface area (Å²) in [6.45, 7) is 3.75. The van der Waals surface area contributed by atoms with Crippen LogP contribution in [-0.2, 0) is 15.0 Å². The molecular formula is C26H26N4O4. The van der Waals surface area contributed by atoms with Crippen molar-refractivity contribution in [1.29, 1.82) is 0 Å². The smallest absolute Gasteiger partial charge is 0.331 e. The minimum Gasteiger partial charge on any atom is -0.480 e. The second-order valence-electron chi connectivity index (χ2n) is 8.45. The summed E-state index contributed by atoms with van der Waals surface area (Å²) in [6, 6.07) is 15.0. The maximum atomic E-state index is 13.1. The summed E-state index contributed by atoms with van der Waals surface area (Å²) in [5.41, 5.74) is 2.00. The number of unbranched alkanes of at least 4 members (excludes halogenated alkanes) is 1. The number of allylic oxidation sites excluding steroid dienone is 2. The van der Waals surface area contributed by atoms with E-state index in [-0.39, 0.29) is 5.57 Å². The van der Waals surface area contributed by atoms with Crippen LogP contribution in [0.3, 0.4) is 0 Å². The summed E-state index contributed by atoms with van der Waals surface area (Å²) >= 11 is 0. The largest absolute Gasteiger partial charge is 0.480 e. The van der Waals surface area contributed by atoms with E-state index in [4.69, 9.17) is 0 Å². The molecule has 1 aliphatic carbocycles. The first-order chi connectivity index (χ1) is 16.4. The fraction of sp³-hybridized carbons (Fsp3) is 0.269. The summed E-state index contributed by atoms with van der Waals surface area (Å²) in [7, 11) is 0. The number of tetrazole rings is 1. The van der Waals surface area contributed by atoms with E-state index in [2.05, 4.69) is 20.6 Å². The number of rotatable bonds is 8. The molecule has 2 atom stereocenters. The molecule has 0 aliphatic heterocycles. The Labute approximate surface area is 197 Å². The lowest BCUT2D eigenvalue weighted by Gasteiger charge is -2.41. The summed E-state index contributed by atoms with van der Waals surface area (Å²) in [5, 5.41) is 35.0. The van der Waals surface area contributed by atoms with Crippen molar-refractivity contribution in [2.45, 2.75) is 38.5 Å². The van der Waals surface area contributed by atoms with Crippen molar-refractivity contribution < 1.29 is 19.8 Å². The van der Waals surface area contributed by atoms with Gasteiger partial charge in [0.15, 0.2) is 0 Å². The average molecular weight is 459 g/mol. The van der Waals surface area contributed by atoms with Crippen LogP contribution in [0.2, 0.25) is 0 Å². The van der Waals surface area contributed by atoms with Gasteiger partial charge in [-0.05, 0) is 41.3 Å². The van der Waals surface area contributed by atoms with Crippen molar-refractivity contribution in [2.24, 2.45) is 5.92 Å². The van der Waals surface area contributed by atoms with Gasteiger partial charge in [0.1, 0.15) is 5.41 Å². The molecule has 2 unspecified atom stereocenters. The third-order valence-electron chi connectivity index (χ3n) is 6.61. The quantitative estimate of drug-likeness (QED) is 0.449. The summed E-state index contributed by atoms with van der Waals surface area (Å²) in [6.07, 6.45) is 5.11. The highest BCUT2D eigenvalue weighted by Gasteiger charge is 2.52. The molecule has 0 saturated heterocycles. The van der Waals surface area contributed by atoms with Gasteiger partial charge in [0.2, 0.25) is 5.82 Å². The zero-order chi connectivity index (χ0) is 24.3. The predicted molar refractivity (Wildman–Crippen MR) is 127 cm³/mol. The number of nitrogens with one attached hydrogen (secondary N) is 1. The first-order valence-electron chi connectivity index (χ1n) is 11.2. The van der Waals surface area contributed by atoms with Crippen molar-refractivity contribution >= 4 is 11.9 Å². The van der Waals surface area contributed by atoms with Crippen LogP contribution in [0.15, 0.2) is 71.8 Å². The van der Waals surface area contributed by atoms with E-state index in [1.54, 1.807) is 25.1 Å². The van der Waals surface area contributed by atoms with Crippen LogP contribution in [0, 0.1) is 5.92 Å². The molecule has 3 N–H and O–H groups in total. The van der Waals surface area contributed by atoms with E-state index < -0.39 is 23.3 Å². The standard InChI is InChI=1S/C26H26N4O4/c1-3-4-10-22-20(24(31)32)13-11-16(2)26(22,25(33)34)18-12-14-19(17-8-6-5-7-9-17)21(15-18)23-27-29-30-28-23/h5-9,11-15,22H,3-4,10H2,1-2H3,(H,31,32)(H,33,34)(H,27,28,29,30). The first-order valence-corrected chi connectivity index (χ1v) is 11.2. The Hall–Kier alpha value is -4.07. The number of aliphatic carboxylic acids is 2. The number of benzene rings is 2. The molecule has 0 fully saturated rings. The van der Waals surface area contributed by atoms with Gasteiger partial charge in [0, 0.05) is 17.1 Å². The Kier molecular flexibility index (Phi) is 6.40. The molecule has 1 aromatic heterocycles. The number of nitrogens with zero attached hydrogens (tertiary/aromatic N) is 3. The van der Waals surface area contributed by atoms with E-state index in [9.17, 15) is 19.8 Å². The highest BCUT2D eigenvalue weighted by atomic mass is 16.4. The van der Waals surface area contributed by atoms with Crippen LogP contribution >= 0.6 is 0 Å². The normalized spacial score (nSPS) is 19.9. The fourth-order valence-electron chi connectivity index (χ4n) is 4.96. The molecule has 2 aromatic carbocycles. The molecule has 34 heavy (non-hydrogen) atoms. The van der Waals surface area contributed by atoms with Gasteiger partial charge in [-0.25, -0.2) is 4.79 Å². The number of carboxylic acid groups (broad SMARTS) is 2.